The minimum atomic E-state index is 0.504. The third-order valence-corrected chi connectivity index (χ3v) is 6.30. The van der Waals surface area contributed by atoms with Gasteiger partial charge in [-0.15, -0.1) is 23.1 Å². The number of halogens is 1. The highest BCUT2D eigenvalue weighted by atomic mass is 79.9. The van der Waals surface area contributed by atoms with Gasteiger partial charge in [0.1, 0.15) is 0 Å². The quantitative estimate of drug-likeness (QED) is 0.903. The average molecular weight is 306 g/mol. The lowest BCUT2D eigenvalue weighted by atomic mass is 10.3. The first-order valence-corrected chi connectivity index (χ1v) is 7.95. The fourth-order valence-corrected chi connectivity index (χ4v) is 5.12. The zero-order valence-electron chi connectivity index (χ0n) is 8.62. The lowest BCUT2D eigenvalue weighted by Gasteiger charge is -2.17. The van der Waals surface area contributed by atoms with Crippen LogP contribution in [0.2, 0.25) is 0 Å². The zero-order chi connectivity index (χ0) is 10.7. The first-order valence-electron chi connectivity index (χ1n) is 5.40. The van der Waals surface area contributed by atoms with Crippen LogP contribution in [0.3, 0.4) is 0 Å². The Morgan fingerprint density at radius 2 is 2.20 bits per heavy atom. The predicted octanol–water partition coefficient (Wildman–Crippen LogP) is 4.19. The Labute approximate surface area is 108 Å². The molecule has 4 heteroatoms. The van der Waals surface area contributed by atoms with E-state index in [1.807, 2.05) is 11.3 Å². The van der Waals surface area contributed by atoms with Gasteiger partial charge in [0.25, 0.3) is 0 Å². The number of rotatable bonds is 4. The number of thiophene rings is 1. The molecule has 0 spiro atoms. The minimum absolute atomic E-state index is 0.504. The van der Waals surface area contributed by atoms with E-state index < -0.39 is 0 Å². The van der Waals surface area contributed by atoms with Crippen LogP contribution in [0, 0.1) is 0 Å². The molecule has 1 fully saturated rings. The molecule has 1 aliphatic rings. The molecule has 0 radical (unpaired) electrons. The molecule has 1 unspecified atom stereocenters. The maximum Gasteiger partial charge on any atom is 0.0701 e. The van der Waals surface area contributed by atoms with E-state index in [9.17, 15) is 0 Å². The molecule has 2 N–H and O–H groups in total. The van der Waals surface area contributed by atoms with E-state index in [2.05, 4.69) is 39.8 Å². The van der Waals surface area contributed by atoms with Crippen LogP contribution < -0.4 is 5.73 Å². The Balaban J connectivity index is 1.97. The summed E-state index contributed by atoms with van der Waals surface area (Å²) in [6.07, 6.45) is 5.58. The van der Waals surface area contributed by atoms with Gasteiger partial charge in [-0.25, -0.2) is 0 Å². The van der Waals surface area contributed by atoms with E-state index in [-0.39, 0.29) is 0 Å². The highest BCUT2D eigenvalue weighted by molar-refractivity contribution is 9.11. The van der Waals surface area contributed by atoms with Crippen LogP contribution >= 0.6 is 39.0 Å². The van der Waals surface area contributed by atoms with Crippen molar-refractivity contribution in [1.82, 2.24) is 0 Å². The van der Waals surface area contributed by atoms with Gasteiger partial charge in [0.05, 0.1) is 9.04 Å². The van der Waals surface area contributed by atoms with E-state index >= 15 is 0 Å². The summed E-state index contributed by atoms with van der Waals surface area (Å²) in [5.41, 5.74) is 5.86. The van der Waals surface area contributed by atoms with Gasteiger partial charge in [-0.3, -0.25) is 0 Å². The Kier molecular flexibility index (Phi) is 4.55. The topological polar surface area (TPSA) is 26.0 Å². The normalized spacial score (nSPS) is 19.6. The predicted molar refractivity (Wildman–Crippen MR) is 73.7 cm³/mol. The van der Waals surface area contributed by atoms with Gasteiger partial charge in [-0.2, -0.15) is 0 Å². The summed E-state index contributed by atoms with van der Waals surface area (Å²) in [6.45, 7) is 0.758. The fourth-order valence-electron chi connectivity index (χ4n) is 2.00. The van der Waals surface area contributed by atoms with Gasteiger partial charge in [-0.1, -0.05) is 12.8 Å². The van der Waals surface area contributed by atoms with Crippen LogP contribution in [-0.4, -0.2) is 11.8 Å². The molecule has 1 saturated carbocycles. The van der Waals surface area contributed by atoms with Crippen molar-refractivity contribution in [2.45, 2.75) is 36.2 Å². The molecule has 1 atom stereocenters. The van der Waals surface area contributed by atoms with Gasteiger partial charge in [0.2, 0.25) is 0 Å². The summed E-state index contributed by atoms with van der Waals surface area (Å²) in [6, 6.07) is 4.33. The van der Waals surface area contributed by atoms with Crippen molar-refractivity contribution >= 4 is 39.0 Å². The Morgan fingerprint density at radius 3 is 2.73 bits per heavy atom. The highest BCUT2D eigenvalue weighted by Crippen LogP contribution is 2.41. The first-order chi connectivity index (χ1) is 7.29. The molecule has 15 heavy (non-hydrogen) atoms. The van der Waals surface area contributed by atoms with E-state index in [4.69, 9.17) is 5.73 Å². The van der Waals surface area contributed by atoms with Crippen molar-refractivity contribution in [3.05, 3.63) is 20.8 Å². The standard InChI is InChI=1S/C11H16BrNS2/c12-11-6-5-9(15-11)10(7-13)14-8-3-1-2-4-8/h5-6,8,10H,1-4,7,13H2. The van der Waals surface area contributed by atoms with Gasteiger partial charge in [-0.05, 0) is 40.9 Å². The van der Waals surface area contributed by atoms with Gasteiger partial charge in [0.15, 0.2) is 0 Å². The van der Waals surface area contributed by atoms with Crippen molar-refractivity contribution in [3.63, 3.8) is 0 Å². The van der Waals surface area contributed by atoms with Crippen LogP contribution in [0.5, 0.6) is 0 Å². The Morgan fingerprint density at radius 1 is 1.47 bits per heavy atom. The molecule has 1 heterocycles. The van der Waals surface area contributed by atoms with Crippen molar-refractivity contribution in [2.24, 2.45) is 5.73 Å². The summed E-state index contributed by atoms with van der Waals surface area (Å²) < 4.78 is 1.21. The van der Waals surface area contributed by atoms with Crippen molar-refractivity contribution in [2.75, 3.05) is 6.54 Å². The second-order valence-electron chi connectivity index (χ2n) is 3.91. The maximum atomic E-state index is 5.86. The maximum absolute atomic E-state index is 5.86. The van der Waals surface area contributed by atoms with Crippen LogP contribution in [0.25, 0.3) is 0 Å². The summed E-state index contributed by atoms with van der Waals surface area (Å²) in [5, 5.41) is 1.35. The van der Waals surface area contributed by atoms with Crippen molar-refractivity contribution in [1.29, 1.82) is 0 Å². The molecule has 0 bridgehead atoms. The minimum Gasteiger partial charge on any atom is -0.329 e. The lowest BCUT2D eigenvalue weighted by Crippen LogP contribution is -2.11. The molecule has 84 valence electrons. The van der Waals surface area contributed by atoms with E-state index in [1.165, 1.54) is 34.3 Å². The molecule has 2 rings (SSSR count). The Bertz CT molecular complexity index is 307. The third-order valence-electron chi connectivity index (χ3n) is 2.78. The highest BCUT2D eigenvalue weighted by Gasteiger charge is 2.21. The zero-order valence-corrected chi connectivity index (χ0v) is 11.8. The fraction of sp³-hybridized carbons (Fsp3) is 0.636. The van der Waals surface area contributed by atoms with E-state index in [1.54, 1.807) is 0 Å². The summed E-state index contributed by atoms with van der Waals surface area (Å²) in [5.74, 6) is 0. The molecular weight excluding hydrogens is 290 g/mol. The lowest BCUT2D eigenvalue weighted by molar-refractivity contribution is 0.879. The number of hydrogen-bond acceptors (Lipinski definition) is 3. The van der Waals surface area contributed by atoms with Crippen LogP contribution in [0.1, 0.15) is 35.8 Å². The number of nitrogens with two attached hydrogens (primary N) is 1. The third kappa shape index (κ3) is 3.22. The first kappa shape index (κ1) is 12.0. The second-order valence-corrected chi connectivity index (χ2v) is 7.91. The van der Waals surface area contributed by atoms with E-state index in [0.717, 1.165) is 11.8 Å². The van der Waals surface area contributed by atoms with Crippen LogP contribution in [-0.2, 0) is 0 Å². The molecule has 1 aliphatic carbocycles. The summed E-state index contributed by atoms with van der Waals surface area (Å²) >= 11 is 7.41. The molecule has 0 aliphatic heterocycles. The monoisotopic (exact) mass is 305 g/mol. The van der Waals surface area contributed by atoms with Crippen molar-refractivity contribution in [3.8, 4) is 0 Å². The largest absolute Gasteiger partial charge is 0.329 e. The van der Waals surface area contributed by atoms with Gasteiger partial charge >= 0.3 is 0 Å². The van der Waals surface area contributed by atoms with Gasteiger partial charge in [0, 0.05) is 16.7 Å². The SMILES string of the molecule is NCC(SC1CCCC1)c1ccc(Br)s1. The molecule has 0 aromatic carbocycles. The molecule has 1 aromatic rings. The second kappa shape index (κ2) is 5.71. The molecule has 1 nitrogen and oxygen atoms in total. The van der Waals surface area contributed by atoms with E-state index in [0.29, 0.717) is 5.25 Å². The van der Waals surface area contributed by atoms with Crippen molar-refractivity contribution < 1.29 is 0 Å². The van der Waals surface area contributed by atoms with Crippen LogP contribution in [0.4, 0.5) is 0 Å². The molecular formula is C11H16BrNS2. The number of thioether (sulfide) groups is 1. The molecule has 0 saturated heterocycles. The Hall–Kier alpha value is 0.490. The average Bonchev–Trinajstić information content (AvgIpc) is 2.85. The molecule has 0 amide bonds. The smallest absolute Gasteiger partial charge is 0.0701 e. The van der Waals surface area contributed by atoms with Crippen LogP contribution in [0.15, 0.2) is 15.9 Å². The summed E-state index contributed by atoms with van der Waals surface area (Å²) in [7, 11) is 0. The van der Waals surface area contributed by atoms with Gasteiger partial charge < -0.3 is 5.73 Å². The molecule has 1 aromatic heterocycles. The summed E-state index contributed by atoms with van der Waals surface area (Å²) in [4.78, 5) is 1.42. The number of hydrogen-bond donors (Lipinski definition) is 1.